The highest BCUT2D eigenvalue weighted by Gasteiger charge is 2.04. The van der Waals surface area contributed by atoms with Crippen molar-refractivity contribution in [2.75, 3.05) is 13.2 Å². The van der Waals surface area contributed by atoms with Crippen LogP contribution in [-0.4, -0.2) is 24.3 Å². The van der Waals surface area contributed by atoms with Crippen molar-refractivity contribution < 1.29 is 14.6 Å². The maximum atomic E-state index is 10.7. The smallest absolute Gasteiger partial charge is 0.331 e. The predicted octanol–water partition coefficient (Wildman–Crippen LogP) is 2.39. The molecular formula is C11H18O3. The molecule has 0 unspecified atom stereocenters. The topological polar surface area (TPSA) is 46.5 Å². The highest BCUT2D eigenvalue weighted by Crippen LogP contribution is 2.07. The van der Waals surface area contributed by atoms with Crippen LogP contribution >= 0.6 is 0 Å². The summed E-state index contributed by atoms with van der Waals surface area (Å²) in [5.74, 6) is -0.860. The Balaban J connectivity index is 3.68. The number of unbranched alkanes of at least 4 members (excludes halogenated alkanes) is 1. The zero-order valence-electron chi connectivity index (χ0n) is 8.66. The Morgan fingerprint density at radius 3 is 2.71 bits per heavy atom. The minimum absolute atomic E-state index is 0.413. The minimum Gasteiger partial charge on any atom is -0.478 e. The van der Waals surface area contributed by atoms with Gasteiger partial charge in [0.25, 0.3) is 0 Å². The third-order valence-corrected chi connectivity index (χ3v) is 1.78. The highest BCUT2D eigenvalue weighted by molar-refractivity contribution is 5.86. The fraction of sp³-hybridized carbons (Fsp3) is 0.545. The van der Waals surface area contributed by atoms with Crippen molar-refractivity contribution in [3.8, 4) is 0 Å². The van der Waals surface area contributed by atoms with Gasteiger partial charge < -0.3 is 9.84 Å². The summed E-state index contributed by atoms with van der Waals surface area (Å²) in [7, 11) is 0. The van der Waals surface area contributed by atoms with E-state index in [1.54, 1.807) is 6.08 Å². The monoisotopic (exact) mass is 198 g/mol. The second kappa shape index (κ2) is 8.51. The maximum absolute atomic E-state index is 10.7. The molecule has 0 heterocycles. The Hall–Kier alpha value is -1.09. The summed E-state index contributed by atoms with van der Waals surface area (Å²) >= 11 is 0. The molecule has 0 atom stereocenters. The van der Waals surface area contributed by atoms with E-state index < -0.39 is 5.97 Å². The maximum Gasteiger partial charge on any atom is 0.331 e. The number of hydrogen-bond donors (Lipinski definition) is 1. The van der Waals surface area contributed by atoms with Crippen LogP contribution in [0, 0.1) is 0 Å². The van der Waals surface area contributed by atoms with Crippen LogP contribution in [0.15, 0.2) is 24.3 Å². The van der Waals surface area contributed by atoms with Crippen LogP contribution in [0.3, 0.4) is 0 Å². The number of carboxylic acid groups (broad SMARTS) is 1. The molecule has 0 aromatic carbocycles. The van der Waals surface area contributed by atoms with E-state index in [1.807, 2.05) is 6.92 Å². The summed E-state index contributed by atoms with van der Waals surface area (Å²) in [6.07, 6.45) is 5.37. The van der Waals surface area contributed by atoms with Crippen molar-refractivity contribution in [1.82, 2.24) is 0 Å². The van der Waals surface area contributed by atoms with Crippen molar-refractivity contribution in [2.24, 2.45) is 0 Å². The molecule has 0 rings (SSSR count). The van der Waals surface area contributed by atoms with Gasteiger partial charge in [-0.2, -0.15) is 0 Å². The van der Waals surface area contributed by atoms with Gasteiger partial charge in [-0.1, -0.05) is 18.7 Å². The fourth-order valence-corrected chi connectivity index (χ4v) is 1.07. The normalized spacial score (nSPS) is 11.4. The lowest BCUT2D eigenvalue weighted by molar-refractivity contribution is -0.132. The Morgan fingerprint density at radius 1 is 1.50 bits per heavy atom. The molecule has 0 radical (unpaired) electrons. The summed E-state index contributed by atoms with van der Waals surface area (Å²) in [6, 6.07) is 0. The Bertz CT molecular complexity index is 207. The average molecular weight is 198 g/mol. The van der Waals surface area contributed by atoms with Crippen LogP contribution in [0.25, 0.3) is 0 Å². The summed E-state index contributed by atoms with van der Waals surface area (Å²) < 4.78 is 5.15. The van der Waals surface area contributed by atoms with Crippen LogP contribution in [-0.2, 0) is 9.53 Å². The number of allylic oxidation sites excluding steroid dienone is 2. The molecule has 0 spiro atoms. The van der Waals surface area contributed by atoms with Crippen molar-refractivity contribution in [1.29, 1.82) is 0 Å². The lowest BCUT2D eigenvalue weighted by Crippen LogP contribution is -2.01. The lowest BCUT2D eigenvalue weighted by atomic mass is 10.1. The molecule has 14 heavy (non-hydrogen) atoms. The Labute approximate surface area is 85.1 Å². The number of carbonyl (C=O) groups is 1. The van der Waals surface area contributed by atoms with Crippen molar-refractivity contribution in [3.63, 3.8) is 0 Å². The van der Waals surface area contributed by atoms with E-state index in [-0.39, 0.29) is 0 Å². The van der Waals surface area contributed by atoms with Gasteiger partial charge in [0.1, 0.15) is 0 Å². The van der Waals surface area contributed by atoms with Crippen molar-refractivity contribution >= 4 is 5.97 Å². The van der Waals surface area contributed by atoms with Gasteiger partial charge >= 0.3 is 5.97 Å². The van der Waals surface area contributed by atoms with Gasteiger partial charge in [-0.15, -0.1) is 0 Å². The quantitative estimate of drug-likeness (QED) is 0.370. The summed E-state index contributed by atoms with van der Waals surface area (Å²) in [6.45, 7) is 6.84. The summed E-state index contributed by atoms with van der Waals surface area (Å²) in [5.41, 5.74) is 0.413. The minimum atomic E-state index is -0.860. The third kappa shape index (κ3) is 6.43. The molecule has 1 N–H and O–H groups in total. The molecule has 0 aliphatic rings. The van der Waals surface area contributed by atoms with Crippen LogP contribution < -0.4 is 0 Å². The van der Waals surface area contributed by atoms with Gasteiger partial charge in [0, 0.05) is 18.8 Å². The molecule has 3 nitrogen and oxygen atoms in total. The van der Waals surface area contributed by atoms with Crippen LogP contribution in [0.2, 0.25) is 0 Å². The summed E-state index contributed by atoms with van der Waals surface area (Å²) in [4.78, 5) is 10.7. The van der Waals surface area contributed by atoms with Gasteiger partial charge in [0.2, 0.25) is 0 Å². The first kappa shape index (κ1) is 12.9. The van der Waals surface area contributed by atoms with Gasteiger partial charge in [-0.3, -0.25) is 0 Å². The van der Waals surface area contributed by atoms with Crippen molar-refractivity contribution in [3.05, 3.63) is 24.3 Å². The number of ether oxygens (including phenoxy) is 1. The van der Waals surface area contributed by atoms with Crippen LogP contribution in [0.5, 0.6) is 0 Å². The second-order valence-corrected chi connectivity index (χ2v) is 2.89. The summed E-state index contributed by atoms with van der Waals surface area (Å²) in [5, 5.41) is 8.76. The van der Waals surface area contributed by atoms with E-state index in [9.17, 15) is 4.79 Å². The van der Waals surface area contributed by atoms with Crippen molar-refractivity contribution in [2.45, 2.75) is 26.2 Å². The first-order valence-electron chi connectivity index (χ1n) is 4.85. The zero-order valence-corrected chi connectivity index (χ0v) is 8.66. The Kier molecular flexibility index (Phi) is 7.84. The first-order valence-corrected chi connectivity index (χ1v) is 4.85. The first-order chi connectivity index (χ1) is 6.72. The fourth-order valence-electron chi connectivity index (χ4n) is 1.07. The molecule has 0 amide bonds. The zero-order chi connectivity index (χ0) is 10.8. The standard InChI is InChI=1S/C11H18O3/c1-3-7-10(11(12)13)8-5-6-9-14-4-2/h3,7H,1,4-6,8-9H2,2H3,(H,12,13). The second-order valence-electron chi connectivity index (χ2n) is 2.89. The molecule has 0 aliphatic heterocycles. The van der Waals surface area contributed by atoms with E-state index in [2.05, 4.69) is 6.58 Å². The van der Waals surface area contributed by atoms with E-state index in [0.717, 1.165) is 12.8 Å². The third-order valence-electron chi connectivity index (χ3n) is 1.78. The van der Waals surface area contributed by atoms with E-state index in [4.69, 9.17) is 9.84 Å². The number of carboxylic acids is 1. The van der Waals surface area contributed by atoms with Crippen LogP contribution in [0.4, 0.5) is 0 Å². The molecule has 0 saturated carbocycles. The van der Waals surface area contributed by atoms with E-state index in [1.165, 1.54) is 6.08 Å². The average Bonchev–Trinajstić information content (AvgIpc) is 2.15. The molecule has 3 heteroatoms. The Morgan fingerprint density at radius 2 is 2.21 bits per heavy atom. The molecule has 0 saturated heterocycles. The molecule has 0 fully saturated rings. The SMILES string of the molecule is C=CC=C(CCCCOCC)C(=O)O. The molecule has 0 aromatic heterocycles. The molecule has 80 valence electrons. The van der Waals surface area contributed by atoms with Gasteiger partial charge in [-0.25, -0.2) is 4.79 Å². The lowest BCUT2D eigenvalue weighted by Gasteiger charge is -2.02. The molecule has 0 bridgehead atoms. The molecular weight excluding hydrogens is 180 g/mol. The van der Waals surface area contributed by atoms with Gasteiger partial charge in [0.15, 0.2) is 0 Å². The van der Waals surface area contributed by atoms with E-state index >= 15 is 0 Å². The number of aliphatic carboxylic acids is 1. The highest BCUT2D eigenvalue weighted by atomic mass is 16.5. The number of hydrogen-bond acceptors (Lipinski definition) is 2. The van der Waals surface area contributed by atoms with Crippen LogP contribution in [0.1, 0.15) is 26.2 Å². The van der Waals surface area contributed by atoms with Gasteiger partial charge in [-0.05, 0) is 26.2 Å². The number of rotatable bonds is 8. The molecule has 0 aliphatic carbocycles. The predicted molar refractivity (Wildman–Crippen MR) is 56.3 cm³/mol. The largest absolute Gasteiger partial charge is 0.478 e. The van der Waals surface area contributed by atoms with Gasteiger partial charge in [0.05, 0.1) is 0 Å². The van der Waals surface area contributed by atoms with E-state index in [0.29, 0.717) is 25.2 Å². The molecule has 0 aromatic rings.